The van der Waals surface area contributed by atoms with Crippen LogP contribution in [-0.2, 0) is 4.79 Å². The first-order valence-corrected chi connectivity index (χ1v) is 7.39. The highest BCUT2D eigenvalue weighted by atomic mass is 32.2. The Morgan fingerprint density at radius 1 is 1.56 bits per heavy atom. The number of carboxylic acids is 1. The van der Waals surface area contributed by atoms with Crippen LogP contribution >= 0.6 is 11.8 Å². The minimum absolute atomic E-state index is 0.116. The number of carbonyl (C=O) groups excluding carboxylic acids is 1. The Balaban J connectivity index is 2.34. The van der Waals surface area contributed by atoms with Crippen molar-refractivity contribution in [1.82, 2.24) is 15.5 Å². The first kappa shape index (κ1) is 15.1. The second-order valence-electron chi connectivity index (χ2n) is 4.54. The zero-order chi connectivity index (χ0) is 13.5. The average Bonchev–Trinajstić information content (AvgIpc) is 2.69. The van der Waals surface area contributed by atoms with Crippen molar-refractivity contribution in [2.45, 2.75) is 24.9 Å². The third kappa shape index (κ3) is 5.14. The number of urea groups is 1. The van der Waals surface area contributed by atoms with Gasteiger partial charge in [0.25, 0.3) is 0 Å². The predicted octanol–water partition coefficient (Wildman–Crippen LogP) is 0.196. The minimum Gasteiger partial charge on any atom is -0.480 e. The molecule has 0 radical (unpaired) electrons. The SMILES string of the molecule is CSCCC(NC(=O)NC1CCN(C)C1)C(=O)O. The van der Waals surface area contributed by atoms with Gasteiger partial charge >= 0.3 is 12.0 Å². The maximum atomic E-state index is 11.7. The summed E-state index contributed by atoms with van der Waals surface area (Å²) in [5.41, 5.74) is 0. The largest absolute Gasteiger partial charge is 0.480 e. The number of rotatable bonds is 6. The summed E-state index contributed by atoms with van der Waals surface area (Å²) >= 11 is 1.57. The van der Waals surface area contributed by atoms with Crippen LogP contribution in [0.1, 0.15) is 12.8 Å². The molecule has 1 heterocycles. The minimum atomic E-state index is -0.984. The van der Waals surface area contributed by atoms with Crippen molar-refractivity contribution >= 4 is 23.8 Å². The zero-order valence-corrected chi connectivity index (χ0v) is 11.6. The maximum Gasteiger partial charge on any atom is 0.326 e. The molecule has 0 aliphatic carbocycles. The number of hydrogen-bond acceptors (Lipinski definition) is 4. The number of nitrogens with one attached hydrogen (secondary N) is 2. The topological polar surface area (TPSA) is 81.7 Å². The van der Waals surface area contributed by atoms with E-state index in [9.17, 15) is 9.59 Å². The highest BCUT2D eigenvalue weighted by Crippen LogP contribution is 2.06. The van der Waals surface area contributed by atoms with Gasteiger partial charge in [-0.3, -0.25) is 0 Å². The first-order valence-electron chi connectivity index (χ1n) is 6.00. The van der Waals surface area contributed by atoms with E-state index in [4.69, 9.17) is 5.11 Å². The molecule has 2 amide bonds. The smallest absolute Gasteiger partial charge is 0.326 e. The summed E-state index contributed by atoms with van der Waals surface area (Å²) in [5, 5.41) is 14.3. The number of thioether (sulfide) groups is 1. The number of likely N-dealkylation sites (tertiary alicyclic amines) is 1. The fraction of sp³-hybridized carbons (Fsp3) is 0.818. The lowest BCUT2D eigenvalue weighted by atomic mass is 10.2. The van der Waals surface area contributed by atoms with Gasteiger partial charge in [0.05, 0.1) is 0 Å². The fourth-order valence-electron chi connectivity index (χ4n) is 1.93. The van der Waals surface area contributed by atoms with E-state index in [1.165, 1.54) is 0 Å². The van der Waals surface area contributed by atoms with Crippen molar-refractivity contribution < 1.29 is 14.7 Å². The van der Waals surface area contributed by atoms with Crippen molar-refractivity contribution in [2.24, 2.45) is 0 Å². The van der Waals surface area contributed by atoms with Crippen LogP contribution in [0.25, 0.3) is 0 Å². The van der Waals surface area contributed by atoms with Crippen molar-refractivity contribution in [3.63, 3.8) is 0 Å². The molecule has 2 atom stereocenters. The van der Waals surface area contributed by atoms with Gasteiger partial charge in [-0.05, 0) is 38.4 Å². The number of carboxylic acid groups (broad SMARTS) is 1. The van der Waals surface area contributed by atoms with E-state index in [0.29, 0.717) is 12.2 Å². The highest BCUT2D eigenvalue weighted by molar-refractivity contribution is 7.98. The van der Waals surface area contributed by atoms with Gasteiger partial charge in [-0.15, -0.1) is 0 Å². The van der Waals surface area contributed by atoms with Crippen molar-refractivity contribution in [2.75, 3.05) is 32.1 Å². The number of hydrogen-bond donors (Lipinski definition) is 3. The lowest BCUT2D eigenvalue weighted by Crippen LogP contribution is -2.49. The van der Waals surface area contributed by atoms with E-state index >= 15 is 0 Å². The Bertz CT molecular complexity index is 301. The lowest BCUT2D eigenvalue weighted by molar-refractivity contribution is -0.139. The number of carbonyl (C=O) groups is 2. The van der Waals surface area contributed by atoms with Gasteiger partial charge in [0, 0.05) is 12.6 Å². The van der Waals surface area contributed by atoms with E-state index in [-0.39, 0.29) is 12.1 Å². The van der Waals surface area contributed by atoms with Gasteiger partial charge in [-0.2, -0.15) is 11.8 Å². The molecule has 1 fully saturated rings. The number of aliphatic carboxylic acids is 1. The van der Waals surface area contributed by atoms with Crippen LogP contribution in [0.2, 0.25) is 0 Å². The van der Waals surface area contributed by atoms with Crippen LogP contribution in [0.4, 0.5) is 4.79 Å². The summed E-state index contributed by atoms with van der Waals surface area (Å²) in [6.07, 6.45) is 3.26. The van der Waals surface area contributed by atoms with Crippen LogP contribution in [-0.4, -0.2) is 66.2 Å². The molecule has 1 rings (SSSR count). The zero-order valence-electron chi connectivity index (χ0n) is 10.8. The van der Waals surface area contributed by atoms with E-state index in [1.54, 1.807) is 11.8 Å². The van der Waals surface area contributed by atoms with Crippen LogP contribution in [0.3, 0.4) is 0 Å². The molecule has 6 nitrogen and oxygen atoms in total. The van der Waals surface area contributed by atoms with Crippen molar-refractivity contribution in [3.05, 3.63) is 0 Å². The summed E-state index contributed by atoms with van der Waals surface area (Å²) in [6.45, 7) is 1.77. The van der Waals surface area contributed by atoms with E-state index in [0.717, 1.165) is 19.5 Å². The Morgan fingerprint density at radius 2 is 2.28 bits per heavy atom. The van der Waals surface area contributed by atoms with Gasteiger partial charge in [0.2, 0.25) is 0 Å². The molecule has 104 valence electrons. The second-order valence-corrected chi connectivity index (χ2v) is 5.52. The number of nitrogens with zero attached hydrogens (tertiary/aromatic N) is 1. The van der Waals surface area contributed by atoms with Gasteiger partial charge in [-0.25, -0.2) is 9.59 Å². The number of amides is 2. The van der Waals surface area contributed by atoms with Crippen LogP contribution < -0.4 is 10.6 Å². The third-order valence-corrected chi connectivity index (χ3v) is 3.58. The summed E-state index contributed by atoms with van der Waals surface area (Å²) < 4.78 is 0. The first-order chi connectivity index (χ1) is 8.52. The summed E-state index contributed by atoms with van der Waals surface area (Å²) in [5.74, 6) is -0.272. The molecule has 0 aromatic rings. The molecular weight excluding hydrogens is 254 g/mol. The molecule has 7 heteroatoms. The van der Waals surface area contributed by atoms with Gasteiger partial charge in [0.1, 0.15) is 6.04 Å². The second kappa shape index (κ2) is 7.48. The number of likely N-dealkylation sites (N-methyl/N-ethyl adjacent to an activating group) is 1. The fourth-order valence-corrected chi connectivity index (χ4v) is 2.40. The van der Waals surface area contributed by atoms with Gasteiger partial charge in [-0.1, -0.05) is 0 Å². The quantitative estimate of drug-likeness (QED) is 0.645. The molecule has 1 aliphatic heterocycles. The molecule has 1 saturated heterocycles. The third-order valence-electron chi connectivity index (χ3n) is 2.94. The molecule has 0 bridgehead atoms. The Morgan fingerprint density at radius 3 is 2.78 bits per heavy atom. The molecule has 3 N–H and O–H groups in total. The lowest BCUT2D eigenvalue weighted by Gasteiger charge is -2.17. The molecule has 0 aromatic heterocycles. The Kier molecular flexibility index (Phi) is 6.28. The standard InChI is InChI=1S/C11H21N3O3S/c1-14-5-3-8(7-14)12-11(17)13-9(10(15)16)4-6-18-2/h8-9H,3-7H2,1-2H3,(H,15,16)(H2,12,13,17). The van der Waals surface area contributed by atoms with E-state index < -0.39 is 12.0 Å². The van der Waals surface area contributed by atoms with Crippen molar-refractivity contribution in [3.8, 4) is 0 Å². The molecule has 1 aliphatic rings. The summed E-state index contributed by atoms with van der Waals surface area (Å²) in [6, 6.07) is -1.08. The molecule has 2 unspecified atom stereocenters. The normalized spacial score (nSPS) is 21.6. The predicted molar refractivity (Wildman–Crippen MR) is 72.0 cm³/mol. The molecular formula is C11H21N3O3S. The summed E-state index contributed by atoms with van der Waals surface area (Å²) in [7, 11) is 2.00. The van der Waals surface area contributed by atoms with Crippen LogP contribution in [0, 0.1) is 0 Å². The Hall–Kier alpha value is -0.950. The van der Waals surface area contributed by atoms with Gasteiger partial charge < -0.3 is 20.6 Å². The summed E-state index contributed by atoms with van der Waals surface area (Å²) in [4.78, 5) is 24.8. The Labute approximate surface area is 111 Å². The van der Waals surface area contributed by atoms with E-state index in [2.05, 4.69) is 15.5 Å². The van der Waals surface area contributed by atoms with Crippen LogP contribution in [0.15, 0.2) is 0 Å². The monoisotopic (exact) mass is 275 g/mol. The molecule has 18 heavy (non-hydrogen) atoms. The van der Waals surface area contributed by atoms with Gasteiger partial charge in [0.15, 0.2) is 0 Å². The average molecular weight is 275 g/mol. The molecule has 0 saturated carbocycles. The molecule has 0 aromatic carbocycles. The highest BCUT2D eigenvalue weighted by Gasteiger charge is 2.24. The van der Waals surface area contributed by atoms with Crippen LogP contribution in [0.5, 0.6) is 0 Å². The van der Waals surface area contributed by atoms with E-state index in [1.807, 2.05) is 13.3 Å². The molecule has 0 spiro atoms. The maximum absolute atomic E-state index is 11.7. The van der Waals surface area contributed by atoms with Crippen molar-refractivity contribution in [1.29, 1.82) is 0 Å².